The van der Waals surface area contributed by atoms with Crippen LogP contribution in [0.4, 0.5) is 11.4 Å². The Labute approximate surface area is 187 Å². The van der Waals surface area contributed by atoms with Gasteiger partial charge < -0.3 is 15.4 Å². The Morgan fingerprint density at radius 3 is 2.45 bits per heavy atom. The Kier molecular flexibility index (Phi) is 6.84. The standard InChI is InChI=1S/C22H22N4O3S.ClH/c1-23-13-16-15-26(30(27,28)20-4-3-11-24-14-20)22-12-18(7-10-21(16)22)25-17-5-8-19(29-2)9-6-17;/h3-12,14-15,23,25H,13H2,1-2H3;1H. The molecule has 0 aliphatic rings. The SMILES string of the molecule is CNCc1cn(S(=O)(=O)c2cccnc2)c2cc(Nc3ccc(OC)cc3)ccc12.Cl. The molecule has 2 heterocycles. The van der Waals surface area contributed by atoms with Gasteiger partial charge in [0.05, 0.1) is 12.6 Å². The molecule has 0 atom stereocenters. The molecule has 0 saturated carbocycles. The van der Waals surface area contributed by atoms with E-state index in [1.54, 1.807) is 31.6 Å². The van der Waals surface area contributed by atoms with Crippen LogP contribution in [0.25, 0.3) is 10.9 Å². The molecule has 2 aromatic carbocycles. The maximum Gasteiger partial charge on any atom is 0.269 e. The molecular formula is C22H23ClN4O3S. The summed E-state index contributed by atoms with van der Waals surface area (Å²) in [7, 11) is -0.327. The molecule has 7 nitrogen and oxygen atoms in total. The Hall–Kier alpha value is -3.07. The number of halogens is 1. The molecule has 2 aromatic heterocycles. The van der Waals surface area contributed by atoms with Gasteiger partial charge in [-0.15, -0.1) is 12.4 Å². The van der Waals surface area contributed by atoms with E-state index in [0.717, 1.165) is 28.1 Å². The molecule has 4 rings (SSSR count). The number of hydrogen-bond acceptors (Lipinski definition) is 6. The lowest BCUT2D eigenvalue weighted by molar-refractivity contribution is 0.415. The lowest BCUT2D eigenvalue weighted by atomic mass is 10.1. The van der Waals surface area contributed by atoms with Gasteiger partial charge in [-0.25, -0.2) is 12.4 Å². The highest BCUT2D eigenvalue weighted by Gasteiger charge is 2.21. The van der Waals surface area contributed by atoms with E-state index >= 15 is 0 Å². The summed E-state index contributed by atoms with van der Waals surface area (Å²) in [4.78, 5) is 4.10. The van der Waals surface area contributed by atoms with E-state index in [1.165, 1.54) is 10.2 Å². The number of nitrogens with one attached hydrogen (secondary N) is 2. The molecule has 0 amide bonds. The first-order valence-corrected chi connectivity index (χ1v) is 10.8. The van der Waals surface area contributed by atoms with E-state index in [4.69, 9.17) is 4.74 Å². The second-order valence-corrected chi connectivity index (χ2v) is 8.57. The van der Waals surface area contributed by atoms with Gasteiger partial charge in [-0.2, -0.15) is 0 Å². The summed E-state index contributed by atoms with van der Waals surface area (Å²) in [6.45, 7) is 0.553. The fraction of sp³-hybridized carbons (Fsp3) is 0.136. The molecular weight excluding hydrogens is 436 g/mol. The number of ether oxygens (including phenoxy) is 1. The van der Waals surface area contributed by atoms with Gasteiger partial charge in [-0.1, -0.05) is 6.07 Å². The Morgan fingerprint density at radius 1 is 1.06 bits per heavy atom. The minimum absolute atomic E-state index is 0. The molecule has 0 fully saturated rings. The average Bonchev–Trinajstić information content (AvgIpc) is 3.14. The number of anilines is 2. The first-order valence-electron chi connectivity index (χ1n) is 9.38. The lowest BCUT2D eigenvalue weighted by Gasteiger charge is -2.10. The van der Waals surface area contributed by atoms with Crippen LogP contribution in [0.5, 0.6) is 5.75 Å². The van der Waals surface area contributed by atoms with Crippen molar-refractivity contribution in [2.75, 3.05) is 19.5 Å². The van der Waals surface area contributed by atoms with Crippen molar-refractivity contribution >= 4 is 44.7 Å². The van der Waals surface area contributed by atoms with E-state index < -0.39 is 10.0 Å². The topological polar surface area (TPSA) is 85.2 Å². The average molecular weight is 459 g/mol. The van der Waals surface area contributed by atoms with Crippen LogP contribution < -0.4 is 15.4 Å². The molecule has 0 bridgehead atoms. The first kappa shape index (κ1) is 22.6. The van der Waals surface area contributed by atoms with Crippen molar-refractivity contribution in [3.8, 4) is 5.75 Å². The molecule has 0 aliphatic heterocycles. The molecule has 0 aliphatic carbocycles. The molecule has 31 heavy (non-hydrogen) atoms. The third kappa shape index (κ3) is 4.51. The van der Waals surface area contributed by atoms with Gasteiger partial charge in [0.15, 0.2) is 0 Å². The van der Waals surface area contributed by atoms with Gasteiger partial charge in [0.1, 0.15) is 10.6 Å². The number of rotatable bonds is 7. The van der Waals surface area contributed by atoms with Crippen LogP contribution >= 0.6 is 12.4 Å². The minimum Gasteiger partial charge on any atom is -0.497 e. The number of nitrogens with zero attached hydrogens (tertiary/aromatic N) is 2. The van der Waals surface area contributed by atoms with Crippen LogP contribution in [0.2, 0.25) is 0 Å². The summed E-state index contributed by atoms with van der Waals surface area (Å²) in [6, 6.07) is 16.4. The number of pyridine rings is 1. The van der Waals surface area contributed by atoms with Crippen molar-refractivity contribution in [2.24, 2.45) is 0 Å². The number of hydrogen-bond donors (Lipinski definition) is 2. The first-order chi connectivity index (χ1) is 14.5. The summed E-state index contributed by atoms with van der Waals surface area (Å²) in [5.74, 6) is 0.768. The van der Waals surface area contributed by atoms with Crippen molar-refractivity contribution in [3.05, 3.63) is 78.8 Å². The van der Waals surface area contributed by atoms with E-state index in [9.17, 15) is 8.42 Å². The molecule has 4 aromatic rings. The van der Waals surface area contributed by atoms with Crippen molar-refractivity contribution in [1.29, 1.82) is 0 Å². The van der Waals surface area contributed by atoms with Crippen molar-refractivity contribution < 1.29 is 13.2 Å². The number of benzene rings is 2. The van der Waals surface area contributed by atoms with Gasteiger partial charge in [0.25, 0.3) is 10.0 Å². The summed E-state index contributed by atoms with van der Waals surface area (Å²) < 4.78 is 33.1. The Morgan fingerprint density at radius 2 is 1.81 bits per heavy atom. The molecule has 2 N–H and O–H groups in total. The lowest BCUT2D eigenvalue weighted by Crippen LogP contribution is -2.12. The van der Waals surface area contributed by atoms with E-state index in [2.05, 4.69) is 15.6 Å². The molecule has 9 heteroatoms. The highest BCUT2D eigenvalue weighted by atomic mass is 35.5. The van der Waals surface area contributed by atoms with E-state index in [-0.39, 0.29) is 17.3 Å². The second-order valence-electron chi connectivity index (χ2n) is 6.76. The smallest absolute Gasteiger partial charge is 0.269 e. The quantitative estimate of drug-likeness (QED) is 0.432. The van der Waals surface area contributed by atoms with Crippen molar-refractivity contribution in [2.45, 2.75) is 11.4 Å². The van der Waals surface area contributed by atoms with Crippen LogP contribution in [0.1, 0.15) is 5.56 Å². The summed E-state index contributed by atoms with van der Waals surface area (Å²) in [5, 5.41) is 7.29. The zero-order valence-corrected chi connectivity index (χ0v) is 18.7. The van der Waals surface area contributed by atoms with Gasteiger partial charge in [-0.3, -0.25) is 4.98 Å². The Balaban J connectivity index is 0.00000272. The highest BCUT2D eigenvalue weighted by molar-refractivity contribution is 7.90. The third-order valence-electron chi connectivity index (χ3n) is 4.79. The summed E-state index contributed by atoms with van der Waals surface area (Å²) in [6.07, 6.45) is 4.58. The third-order valence-corrected chi connectivity index (χ3v) is 6.45. The zero-order chi connectivity index (χ0) is 21.1. The van der Waals surface area contributed by atoms with Gasteiger partial charge >= 0.3 is 0 Å². The zero-order valence-electron chi connectivity index (χ0n) is 17.1. The maximum absolute atomic E-state index is 13.3. The predicted molar refractivity (Wildman–Crippen MR) is 125 cm³/mol. The summed E-state index contributed by atoms with van der Waals surface area (Å²) in [5.41, 5.74) is 3.15. The van der Waals surface area contributed by atoms with Gasteiger partial charge in [-0.05, 0) is 61.1 Å². The number of methoxy groups -OCH3 is 1. The van der Waals surface area contributed by atoms with Crippen LogP contribution in [0, 0.1) is 0 Å². The number of fused-ring (bicyclic) bond motifs is 1. The Bertz CT molecular complexity index is 1270. The van der Waals surface area contributed by atoms with Crippen molar-refractivity contribution in [3.63, 3.8) is 0 Å². The fourth-order valence-electron chi connectivity index (χ4n) is 3.33. The highest BCUT2D eigenvalue weighted by Crippen LogP contribution is 2.30. The largest absolute Gasteiger partial charge is 0.497 e. The predicted octanol–water partition coefficient (Wildman–Crippen LogP) is 4.17. The van der Waals surface area contributed by atoms with Crippen LogP contribution in [-0.4, -0.2) is 31.5 Å². The normalized spacial score (nSPS) is 11.2. The van der Waals surface area contributed by atoms with E-state index in [0.29, 0.717) is 12.1 Å². The molecule has 0 unspecified atom stereocenters. The van der Waals surface area contributed by atoms with Crippen LogP contribution in [0.15, 0.2) is 78.1 Å². The summed E-state index contributed by atoms with van der Waals surface area (Å²) >= 11 is 0. The molecule has 0 spiro atoms. The van der Waals surface area contributed by atoms with Gasteiger partial charge in [0.2, 0.25) is 0 Å². The maximum atomic E-state index is 13.3. The molecule has 0 saturated heterocycles. The number of aromatic nitrogens is 2. The van der Waals surface area contributed by atoms with Crippen LogP contribution in [-0.2, 0) is 16.6 Å². The fourth-order valence-corrected chi connectivity index (χ4v) is 4.68. The molecule has 162 valence electrons. The minimum atomic E-state index is -3.78. The monoisotopic (exact) mass is 458 g/mol. The second kappa shape index (κ2) is 9.38. The van der Waals surface area contributed by atoms with E-state index in [1.807, 2.05) is 49.5 Å². The van der Waals surface area contributed by atoms with Crippen LogP contribution in [0.3, 0.4) is 0 Å². The van der Waals surface area contributed by atoms with Gasteiger partial charge in [0, 0.05) is 41.9 Å². The van der Waals surface area contributed by atoms with Crippen molar-refractivity contribution in [1.82, 2.24) is 14.3 Å². The molecule has 0 radical (unpaired) electrons.